The van der Waals surface area contributed by atoms with Gasteiger partial charge in [0.05, 0.1) is 24.3 Å². The van der Waals surface area contributed by atoms with E-state index in [1.165, 1.54) is 0 Å². The Balaban J connectivity index is 1.84. The van der Waals surface area contributed by atoms with Crippen molar-refractivity contribution in [1.82, 2.24) is 10.2 Å². The van der Waals surface area contributed by atoms with Gasteiger partial charge < -0.3 is 14.8 Å². The van der Waals surface area contributed by atoms with Crippen molar-refractivity contribution in [1.29, 1.82) is 0 Å². The predicted octanol–water partition coefficient (Wildman–Crippen LogP) is 2.08. The Kier molecular flexibility index (Phi) is 5.42. The van der Waals surface area contributed by atoms with Crippen LogP contribution in [0.25, 0.3) is 0 Å². The molecule has 0 aliphatic heterocycles. The molecular formula is C16H26N2O3. The van der Waals surface area contributed by atoms with Crippen LogP contribution in [0.2, 0.25) is 0 Å². The molecule has 1 aromatic heterocycles. The number of carbonyl (C=O) groups is 1. The summed E-state index contributed by atoms with van der Waals surface area (Å²) in [4.78, 5) is 14.1. The number of rotatable bonds is 6. The van der Waals surface area contributed by atoms with Crippen LogP contribution < -0.4 is 5.32 Å². The molecule has 118 valence electrons. The number of likely N-dealkylation sites (N-methyl/N-ethyl adjacent to an activating group) is 1. The second kappa shape index (κ2) is 7.09. The minimum absolute atomic E-state index is 0.00458. The molecule has 5 heteroatoms. The van der Waals surface area contributed by atoms with Gasteiger partial charge in [-0.25, -0.2) is 0 Å². The monoisotopic (exact) mass is 294 g/mol. The molecule has 1 aromatic rings. The van der Waals surface area contributed by atoms with Crippen LogP contribution in [0.1, 0.15) is 50.3 Å². The standard InChI is InChI=1S/C16H26N2O3/c1-18(2)13(14-7-6-10-21-14)12-17-15(19)11-16(20)8-4-3-5-9-16/h6-7,10,13,20H,3-5,8-9,11-12H2,1-2H3,(H,17,19). The molecule has 1 fully saturated rings. The van der Waals surface area contributed by atoms with E-state index in [2.05, 4.69) is 5.32 Å². The van der Waals surface area contributed by atoms with Gasteiger partial charge in [-0.05, 0) is 39.1 Å². The number of hydrogen-bond donors (Lipinski definition) is 2. The average Bonchev–Trinajstić information content (AvgIpc) is 2.92. The first-order valence-electron chi connectivity index (χ1n) is 7.69. The van der Waals surface area contributed by atoms with Crippen molar-refractivity contribution in [3.05, 3.63) is 24.2 Å². The van der Waals surface area contributed by atoms with E-state index in [1.54, 1.807) is 6.26 Å². The Morgan fingerprint density at radius 2 is 2.14 bits per heavy atom. The van der Waals surface area contributed by atoms with Crippen LogP contribution in [-0.4, -0.2) is 42.2 Å². The highest BCUT2D eigenvalue weighted by Crippen LogP contribution is 2.30. The topological polar surface area (TPSA) is 65.7 Å². The summed E-state index contributed by atoms with van der Waals surface area (Å²) in [6.07, 6.45) is 6.48. The molecule has 1 saturated carbocycles. The van der Waals surface area contributed by atoms with Crippen molar-refractivity contribution in [3.63, 3.8) is 0 Å². The van der Waals surface area contributed by atoms with Gasteiger partial charge in [0.25, 0.3) is 0 Å². The summed E-state index contributed by atoms with van der Waals surface area (Å²) < 4.78 is 5.42. The Morgan fingerprint density at radius 1 is 1.43 bits per heavy atom. The van der Waals surface area contributed by atoms with Gasteiger partial charge in [-0.3, -0.25) is 9.69 Å². The molecule has 1 atom stereocenters. The van der Waals surface area contributed by atoms with Crippen molar-refractivity contribution in [2.24, 2.45) is 0 Å². The number of aliphatic hydroxyl groups is 1. The smallest absolute Gasteiger partial charge is 0.222 e. The highest BCUT2D eigenvalue weighted by Gasteiger charge is 2.31. The van der Waals surface area contributed by atoms with Gasteiger partial charge in [-0.1, -0.05) is 19.3 Å². The molecule has 1 aliphatic rings. The van der Waals surface area contributed by atoms with E-state index in [9.17, 15) is 9.90 Å². The van der Waals surface area contributed by atoms with E-state index in [-0.39, 0.29) is 18.4 Å². The molecule has 1 aliphatic carbocycles. The van der Waals surface area contributed by atoms with E-state index in [0.717, 1.165) is 37.9 Å². The summed E-state index contributed by atoms with van der Waals surface area (Å²) in [7, 11) is 3.90. The van der Waals surface area contributed by atoms with Crippen molar-refractivity contribution >= 4 is 5.91 Å². The number of amides is 1. The lowest BCUT2D eigenvalue weighted by Crippen LogP contribution is -2.40. The first kappa shape index (κ1) is 16.0. The van der Waals surface area contributed by atoms with E-state index >= 15 is 0 Å². The van der Waals surface area contributed by atoms with Crippen molar-refractivity contribution in [2.75, 3.05) is 20.6 Å². The minimum atomic E-state index is -0.805. The first-order valence-corrected chi connectivity index (χ1v) is 7.69. The fourth-order valence-electron chi connectivity index (χ4n) is 2.98. The second-order valence-corrected chi connectivity index (χ2v) is 6.26. The minimum Gasteiger partial charge on any atom is -0.468 e. The Morgan fingerprint density at radius 3 is 2.71 bits per heavy atom. The molecule has 1 unspecified atom stereocenters. The van der Waals surface area contributed by atoms with Crippen LogP contribution in [0.4, 0.5) is 0 Å². The van der Waals surface area contributed by atoms with E-state index < -0.39 is 5.60 Å². The Labute approximate surface area is 126 Å². The van der Waals surface area contributed by atoms with Gasteiger partial charge in [-0.15, -0.1) is 0 Å². The van der Waals surface area contributed by atoms with Crippen molar-refractivity contribution in [3.8, 4) is 0 Å². The fraction of sp³-hybridized carbons (Fsp3) is 0.688. The van der Waals surface area contributed by atoms with Gasteiger partial charge >= 0.3 is 0 Å². The SMILES string of the molecule is CN(C)C(CNC(=O)CC1(O)CCCCC1)c1ccco1. The molecule has 2 N–H and O–H groups in total. The van der Waals surface area contributed by atoms with Gasteiger partial charge in [0.15, 0.2) is 0 Å². The zero-order valence-corrected chi connectivity index (χ0v) is 13.0. The van der Waals surface area contributed by atoms with E-state index in [4.69, 9.17) is 4.42 Å². The van der Waals surface area contributed by atoms with Crippen LogP contribution in [-0.2, 0) is 4.79 Å². The van der Waals surface area contributed by atoms with Crippen LogP contribution in [0, 0.1) is 0 Å². The van der Waals surface area contributed by atoms with Crippen molar-refractivity contribution < 1.29 is 14.3 Å². The van der Waals surface area contributed by atoms with Crippen LogP contribution >= 0.6 is 0 Å². The summed E-state index contributed by atoms with van der Waals surface area (Å²) in [6, 6.07) is 3.76. The second-order valence-electron chi connectivity index (χ2n) is 6.26. The summed E-state index contributed by atoms with van der Waals surface area (Å²) in [5.41, 5.74) is -0.805. The third kappa shape index (κ3) is 4.58. The predicted molar refractivity (Wildman–Crippen MR) is 80.8 cm³/mol. The van der Waals surface area contributed by atoms with Crippen LogP contribution in [0.15, 0.2) is 22.8 Å². The molecule has 0 saturated heterocycles. The molecule has 2 rings (SSSR count). The molecule has 5 nitrogen and oxygen atoms in total. The van der Waals surface area contributed by atoms with Crippen LogP contribution in [0.5, 0.6) is 0 Å². The van der Waals surface area contributed by atoms with Crippen molar-refractivity contribution in [2.45, 2.75) is 50.2 Å². The molecule has 0 bridgehead atoms. The Bertz CT molecular complexity index is 436. The largest absolute Gasteiger partial charge is 0.468 e. The van der Waals surface area contributed by atoms with Crippen LogP contribution in [0.3, 0.4) is 0 Å². The number of hydrogen-bond acceptors (Lipinski definition) is 4. The fourth-order valence-corrected chi connectivity index (χ4v) is 2.98. The molecule has 0 spiro atoms. The first-order chi connectivity index (χ1) is 10.0. The molecule has 0 aromatic carbocycles. The number of carbonyl (C=O) groups excluding carboxylic acids is 1. The lowest BCUT2D eigenvalue weighted by Gasteiger charge is -2.31. The zero-order chi connectivity index (χ0) is 15.3. The van der Waals surface area contributed by atoms with Gasteiger partial charge in [0.2, 0.25) is 5.91 Å². The summed E-state index contributed by atoms with van der Waals surface area (Å²) in [5.74, 6) is 0.745. The maximum atomic E-state index is 12.1. The normalized spacial score (nSPS) is 19.4. The third-order valence-corrected chi connectivity index (χ3v) is 4.26. The van der Waals surface area contributed by atoms with E-state index in [1.807, 2.05) is 31.1 Å². The maximum absolute atomic E-state index is 12.1. The highest BCUT2D eigenvalue weighted by molar-refractivity contribution is 5.77. The van der Waals surface area contributed by atoms with Gasteiger partial charge in [0.1, 0.15) is 5.76 Å². The van der Waals surface area contributed by atoms with E-state index in [0.29, 0.717) is 6.54 Å². The maximum Gasteiger partial charge on any atom is 0.222 e. The molecule has 0 radical (unpaired) electrons. The quantitative estimate of drug-likeness (QED) is 0.843. The lowest BCUT2D eigenvalue weighted by molar-refractivity contribution is -0.127. The summed E-state index contributed by atoms with van der Waals surface area (Å²) in [5, 5.41) is 13.3. The molecule has 21 heavy (non-hydrogen) atoms. The van der Waals surface area contributed by atoms with Gasteiger partial charge in [-0.2, -0.15) is 0 Å². The third-order valence-electron chi connectivity index (χ3n) is 4.26. The summed E-state index contributed by atoms with van der Waals surface area (Å²) >= 11 is 0. The number of furan rings is 1. The average molecular weight is 294 g/mol. The zero-order valence-electron chi connectivity index (χ0n) is 13.0. The Hall–Kier alpha value is -1.33. The summed E-state index contributed by atoms with van der Waals surface area (Å²) in [6.45, 7) is 0.482. The molecule has 1 heterocycles. The highest BCUT2D eigenvalue weighted by atomic mass is 16.3. The molecular weight excluding hydrogens is 268 g/mol. The molecule has 1 amide bonds. The lowest BCUT2D eigenvalue weighted by atomic mass is 9.82. The number of nitrogens with zero attached hydrogens (tertiary/aromatic N) is 1. The van der Waals surface area contributed by atoms with Gasteiger partial charge in [0, 0.05) is 6.54 Å². The number of nitrogens with one attached hydrogen (secondary N) is 1.